The molecule has 2 fully saturated rings. The van der Waals surface area contributed by atoms with Crippen LogP contribution in [0.1, 0.15) is 48.2 Å². The van der Waals surface area contributed by atoms with Crippen molar-refractivity contribution in [1.82, 2.24) is 15.1 Å². The van der Waals surface area contributed by atoms with Crippen molar-refractivity contribution in [2.24, 2.45) is 5.92 Å². The van der Waals surface area contributed by atoms with Crippen LogP contribution in [0.5, 0.6) is 0 Å². The highest BCUT2D eigenvalue weighted by Crippen LogP contribution is 2.47. The van der Waals surface area contributed by atoms with Gasteiger partial charge in [-0.05, 0) is 30.9 Å². The first-order valence-electron chi connectivity index (χ1n) is 10.2. The van der Waals surface area contributed by atoms with Crippen LogP contribution in [0.2, 0.25) is 0 Å². The molecule has 144 valence electrons. The van der Waals surface area contributed by atoms with Crippen molar-refractivity contribution >= 4 is 16.8 Å². The summed E-state index contributed by atoms with van der Waals surface area (Å²) in [5, 5.41) is 19.8. The maximum atomic E-state index is 13.4. The molecule has 3 aromatic rings. The molecule has 3 unspecified atom stereocenters. The number of hydrogen-bond acceptors (Lipinski definition) is 3. The predicted molar refractivity (Wildman–Crippen MR) is 108 cm³/mol. The number of aromatic amines is 1. The van der Waals surface area contributed by atoms with Crippen LogP contribution in [0.4, 0.5) is 0 Å². The van der Waals surface area contributed by atoms with Crippen LogP contribution in [0.15, 0.2) is 54.6 Å². The fraction of sp³-hybridized carbons (Fsp3) is 0.391. The number of nitrogens with one attached hydrogen (secondary N) is 1. The van der Waals surface area contributed by atoms with Crippen LogP contribution >= 0.6 is 0 Å². The van der Waals surface area contributed by atoms with Gasteiger partial charge in [0.1, 0.15) is 0 Å². The van der Waals surface area contributed by atoms with Gasteiger partial charge < -0.3 is 10.0 Å². The number of H-pyrrole nitrogens is 1. The molecule has 2 N–H and O–H groups in total. The molecule has 0 spiro atoms. The number of piperidine rings is 1. The standard InChI is InChI=1S/C23H25N3O2/c27-22(21-17-10-4-6-12-19(17)24-25-21)26-15-14-23(28,16-8-2-1-3-9-16)18-11-5-7-13-20(18)26/h1-4,6,8-10,12,18,20,28H,5,7,11,13-15H2,(H,24,25). The Hall–Kier alpha value is -2.66. The van der Waals surface area contributed by atoms with E-state index in [1.165, 1.54) is 0 Å². The summed E-state index contributed by atoms with van der Waals surface area (Å²) in [7, 11) is 0. The molecule has 5 heteroatoms. The van der Waals surface area contributed by atoms with E-state index in [2.05, 4.69) is 10.2 Å². The van der Waals surface area contributed by atoms with Crippen LogP contribution < -0.4 is 0 Å². The molecule has 2 aliphatic rings. The van der Waals surface area contributed by atoms with Gasteiger partial charge in [-0.2, -0.15) is 5.10 Å². The van der Waals surface area contributed by atoms with Crippen molar-refractivity contribution in [1.29, 1.82) is 0 Å². The summed E-state index contributed by atoms with van der Waals surface area (Å²) in [6.45, 7) is 0.548. The zero-order valence-corrected chi connectivity index (χ0v) is 15.8. The van der Waals surface area contributed by atoms with E-state index >= 15 is 0 Å². The van der Waals surface area contributed by atoms with Gasteiger partial charge in [-0.3, -0.25) is 9.89 Å². The van der Waals surface area contributed by atoms with E-state index in [-0.39, 0.29) is 17.9 Å². The molecule has 1 aliphatic carbocycles. The molecule has 5 rings (SSSR count). The smallest absolute Gasteiger partial charge is 0.275 e. The summed E-state index contributed by atoms with van der Waals surface area (Å²) in [6.07, 6.45) is 4.64. The summed E-state index contributed by atoms with van der Waals surface area (Å²) in [4.78, 5) is 15.4. The van der Waals surface area contributed by atoms with Gasteiger partial charge in [-0.15, -0.1) is 0 Å². The van der Waals surface area contributed by atoms with Crippen LogP contribution in [-0.4, -0.2) is 38.7 Å². The molecule has 5 nitrogen and oxygen atoms in total. The van der Waals surface area contributed by atoms with Crippen LogP contribution in [0.25, 0.3) is 10.9 Å². The fourth-order valence-electron chi connectivity index (χ4n) is 5.28. The van der Waals surface area contributed by atoms with Gasteiger partial charge in [-0.25, -0.2) is 0 Å². The van der Waals surface area contributed by atoms with Crippen molar-refractivity contribution in [3.8, 4) is 0 Å². The molecule has 28 heavy (non-hydrogen) atoms. The van der Waals surface area contributed by atoms with Gasteiger partial charge in [0.05, 0.1) is 11.1 Å². The quantitative estimate of drug-likeness (QED) is 0.715. The molecule has 2 aromatic carbocycles. The van der Waals surface area contributed by atoms with Gasteiger partial charge in [0.15, 0.2) is 5.69 Å². The highest BCUT2D eigenvalue weighted by Gasteiger charge is 2.50. The first kappa shape index (κ1) is 17.4. The minimum atomic E-state index is -0.864. The normalized spacial score (nSPS) is 27.5. The summed E-state index contributed by atoms with van der Waals surface area (Å²) in [6, 6.07) is 17.8. The lowest BCUT2D eigenvalue weighted by molar-refractivity contribution is -0.110. The number of fused-ring (bicyclic) bond motifs is 2. The second kappa shape index (κ2) is 6.74. The largest absolute Gasteiger partial charge is 0.385 e. The Kier molecular flexibility index (Phi) is 4.20. The summed E-state index contributed by atoms with van der Waals surface area (Å²) in [5.74, 6) is 0.0380. The lowest BCUT2D eigenvalue weighted by Gasteiger charge is -2.52. The molecular formula is C23H25N3O2. The minimum absolute atomic E-state index is 0.0236. The second-order valence-electron chi connectivity index (χ2n) is 8.11. The van der Waals surface area contributed by atoms with Crippen molar-refractivity contribution in [2.75, 3.05) is 6.54 Å². The van der Waals surface area contributed by atoms with Crippen molar-refractivity contribution < 1.29 is 9.90 Å². The maximum absolute atomic E-state index is 13.4. The third-order valence-electron chi connectivity index (χ3n) is 6.68. The number of amides is 1. The summed E-state index contributed by atoms with van der Waals surface area (Å²) >= 11 is 0. The number of para-hydroxylation sites is 1. The number of likely N-dealkylation sites (tertiary alicyclic amines) is 1. The molecule has 1 saturated carbocycles. The predicted octanol–water partition coefficient (Wildman–Crippen LogP) is 3.86. The van der Waals surface area contributed by atoms with Gasteiger partial charge >= 0.3 is 0 Å². The van der Waals surface area contributed by atoms with Crippen molar-refractivity contribution in [3.05, 3.63) is 65.9 Å². The number of rotatable bonds is 2. The average Bonchev–Trinajstić information content (AvgIpc) is 3.19. The van der Waals surface area contributed by atoms with Crippen molar-refractivity contribution in [3.63, 3.8) is 0 Å². The highest BCUT2D eigenvalue weighted by atomic mass is 16.3. The molecule has 1 amide bonds. The van der Waals surface area contributed by atoms with E-state index in [1.54, 1.807) is 0 Å². The minimum Gasteiger partial charge on any atom is -0.385 e. The first-order valence-corrected chi connectivity index (χ1v) is 10.2. The number of carbonyl (C=O) groups is 1. The number of aliphatic hydroxyl groups is 1. The number of nitrogens with zero attached hydrogens (tertiary/aromatic N) is 2. The zero-order valence-electron chi connectivity index (χ0n) is 15.8. The van der Waals surface area contributed by atoms with E-state index < -0.39 is 5.60 Å². The molecule has 0 radical (unpaired) electrons. The Morgan fingerprint density at radius 2 is 1.82 bits per heavy atom. The van der Waals surface area contributed by atoms with E-state index in [4.69, 9.17) is 0 Å². The van der Waals surface area contributed by atoms with Gasteiger partial charge in [0.25, 0.3) is 5.91 Å². The number of benzene rings is 2. The Morgan fingerprint density at radius 1 is 1.07 bits per heavy atom. The van der Waals surface area contributed by atoms with Gasteiger partial charge in [0, 0.05) is 23.9 Å². The van der Waals surface area contributed by atoms with Crippen molar-refractivity contribution in [2.45, 2.75) is 43.7 Å². The number of hydrogen-bond donors (Lipinski definition) is 2. The van der Waals surface area contributed by atoms with Crippen LogP contribution in [-0.2, 0) is 5.60 Å². The molecule has 3 atom stereocenters. The number of aromatic nitrogens is 2. The van der Waals surface area contributed by atoms with E-state index in [1.807, 2.05) is 59.5 Å². The molecule has 1 aromatic heterocycles. The third-order valence-corrected chi connectivity index (χ3v) is 6.68. The maximum Gasteiger partial charge on any atom is 0.275 e. The SMILES string of the molecule is O=C(c1n[nH]c2ccccc12)N1CCC(O)(c2ccccc2)C2CCCCC21. The third kappa shape index (κ3) is 2.65. The topological polar surface area (TPSA) is 69.2 Å². The summed E-state index contributed by atoms with van der Waals surface area (Å²) < 4.78 is 0. The van der Waals surface area contributed by atoms with Crippen LogP contribution in [0, 0.1) is 5.92 Å². The fourth-order valence-corrected chi connectivity index (χ4v) is 5.28. The molecule has 1 saturated heterocycles. The lowest BCUT2D eigenvalue weighted by atomic mass is 9.66. The average molecular weight is 375 g/mol. The Balaban J connectivity index is 1.50. The highest BCUT2D eigenvalue weighted by molar-refractivity contribution is 6.04. The van der Waals surface area contributed by atoms with Gasteiger partial charge in [0.2, 0.25) is 0 Å². The molecular weight excluding hydrogens is 350 g/mol. The second-order valence-corrected chi connectivity index (χ2v) is 8.11. The van der Waals surface area contributed by atoms with Gasteiger partial charge in [-0.1, -0.05) is 61.4 Å². The lowest BCUT2D eigenvalue weighted by Crippen LogP contribution is -2.59. The summed E-state index contributed by atoms with van der Waals surface area (Å²) in [5.41, 5.74) is 1.48. The Bertz CT molecular complexity index is 999. The zero-order chi connectivity index (χ0) is 19.1. The van der Waals surface area contributed by atoms with E-state index in [9.17, 15) is 9.90 Å². The molecule has 2 heterocycles. The monoisotopic (exact) mass is 375 g/mol. The Morgan fingerprint density at radius 3 is 2.68 bits per heavy atom. The Labute approximate surface area is 164 Å². The number of carbonyl (C=O) groups excluding carboxylic acids is 1. The first-order chi connectivity index (χ1) is 13.7. The van der Waals surface area contributed by atoms with E-state index in [0.29, 0.717) is 18.7 Å². The molecule has 1 aliphatic heterocycles. The van der Waals surface area contributed by atoms with Crippen LogP contribution in [0.3, 0.4) is 0 Å². The molecule has 0 bridgehead atoms. The van der Waals surface area contributed by atoms with E-state index in [0.717, 1.165) is 42.1 Å².